The van der Waals surface area contributed by atoms with Crippen LogP contribution in [0.1, 0.15) is 25.7 Å². The molecule has 0 bridgehead atoms. The van der Waals surface area contributed by atoms with Gasteiger partial charge in [-0.15, -0.1) is 0 Å². The Morgan fingerprint density at radius 1 is 1.39 bits per heavy atom. The molecule has 0 atom stereocenters. The van der Waals surface area contributed by atoms with Crippen LogP contribution in [0.15, 0.2) is 23.2 Å². The first-order valence-corrected chi connectivity index (χ1v) is 6.33. The number of guanidine groups is 1. The summed E-state index contributed by atoms with van der Waals surface area (Å²) in [6.07, 6.45) is 4.47. The third kappa shape index (κ3) is 3.34. The van der Waals surface area contributed by atoms with E-state index in [1.54, 1.807) is 12.1 Å². The predicted molar refractivity (Wildman–Crippen MR) is 72.0 cm³/mol. The average Bonchev–Trinajstić information content (AvgIpc) is 2.84. The molecule has 0 radical (unpaired) electrons. The largest absolute Gasteiger partial charge is 0.323 e. The van der Waals surface area contributed by atoms with E-state index in [4.69, 9.17) is 17.4 Å². The fourth-order valence-corrected chi connectivity index (χ4v) is 2.20. The number of nitrogens with one attached hydrogen (secondary N) is 2. The smallest absolute Gasteiger partial charge is 0.210 e. The summed E-state index contributed by atoms with van der Waals surface area (Å²) >= 11 is 5.69. The molecular formula is C12H16ClFN4. The van der Waals surface area contributed by atoms with Gasteiger partial charge in [0.05, 0.1) is 11.7 Å². The van der Waals surface area contributed by atoms with Crippen LogP contribution in [0.2, 0.25) is 5.02 Å². The molecule has 0 saturated heterocycles. The van der Waals surface area contributed by atoms with Gasteiger partial charge in [-0.2, -0.15) is 0 Å². The van der Waals surface area contributed by atoms with Crippen LogP contribution < -0.4 is 16.6 Å². The van der Waals surface area contributed by atoms with Gasteiger partial charge in [0, 0.05) is 5.02 Å². The van der Waals surface area contributed by atoms with Gasteiger partial charge in [-0.05, 0) is 31.0 Å². The van der Waals surface area contributed by atoms with E-state index in [9.17, 15) is 4.39 Å². The summed E-state index contributed by atoms with van der Waals surface area (Å²) in [7, 11) is 0. The highest BCUT2D eigenvalue weighted by Crippen LogP contribution is 2.22. The first kappa shape index (κ1) is 13.1. The SMILES string of the molecule is NNC(=NC1CCCC1)Nc1ccc(Cl)cc1F. The standard InChI is InChI=1S/C12H16ClFN4/c13-8-5-6-11(10(14)7-8)17-12(18-15)16-9-3-1-2-4-9/h5-7,9H,1-4,15H2,(H2,16,17,18). The third-order valence-corrected chi connectivity index (χ3v) is 3.19. The molecule has 98 valence electrons. The molecule has 2 rings (SSSR count). The Balaban J connectivity index is 2.09. The monoisotopic (exact) mass is 270 g/mol. The van der Waals surface area contributed by atoms with Gasteiger partial charge < -0.3 is 5.32 Å². The number of benzene rings is 1. The maximum absolute atomic E-state index is 13.6. The second-order valence-corrected chi connectivity index (χ2v) is 4.75. The zero-order valence-corrected chi connectivity index (χ0v) is 10.7. The van der Waals surface area contributed by atoms with Crippen LogP contribution in [0, 0.1) is 5.82 Å². The fourth-order valence-electron chi connectivity index (χ4n) is 2.04. The van der Waals surface area contributed by atoms with Crippen molar-refractivity contribution in [1.29, 1.82) is 0 Å². The molecule has 0 aliphatic heterocycles. The van der Waals surface area contributed by atoms with Gasteiger partial charge in [-0.3, -0.25) is 5.43 Å². The minimum Gasteiger partial charge on any atom is -0.323 e. The molecule has 4 N–H and O–H groups in total. The van der Waals surface area contributed by atoms with E-state index in [0.29, 0.717) is 16.7 Å². The molecule has 1 aliphatic rings. The lowest BCUT2D eigenvalue weighted by atomic mass is 10.3. The molecule has 0 spiro atoms. The van der Waals surface area contributed by atoms with Crippen molar-refractivity contribution < 1.29 is 4.39 Å². The first-order chi connectivity index (χ1) is 8.69. The summed E-state index contributed by atoms with van der Waals surface area (Å²) in [6, 6.07) is 4.67. The number of hydrazine groups is 1. The van der Waals surface area contributed by atoms with Crippen molar-refractivity contribution in [2.45, 2.75) is 31.7 Å². The third-order valence-electron chi connectivity index (χ3n) is 2.96. The number of halogens is 2. The number of nitrogens with two attached hydrogens (primary N) is 1. The summed E-state index contributed by atoms with van der Waals surface area (Å²) in [5.74, 6) is 5.33. The van der Waals surface area contributed by atoms with Crippen LogP contribution in [-0.4, -0.2) is 12.0 Å². The molecule has 0 unspecified atom stereocenters. The molecule has 0 heterocycles. The number of aliphatic imine (C=N–C) groups is 1. The maximum Gasteiger partial charge on any atom is 0.210 e. The van der Waals surface area contributed by atoms with Crippen molar-refractivity contribution in [3.05, 3.63) is 29.0 Å². The van der Waals surface area contributed by atoms with E-state index < -0.39 is 5.82 Å². The molecule has 1 aromatic rings. The normalized spacial score (nSPS) is 16.9. The Morgan fingerprint density at radius 3 is 2.72 bits per heavy atom. The van der Waals surface area contributed by atoms with Crippen molar-refractivity contribution in [3.8, 4) is 0 Å². The van der Waals surface area contributed by atoms with E-state index in [1.807, 2.05) is 0 Å². The van der Waals surface area contributed by atoms with Gasteiger partial charge in [0.1, 0.15) is 5.82 Å². The van der Waals surface area contributed by atoms with Gasteiger partial charge in [0.25, 0.3) is 0 Å². The highest BCUT2D eigenvalue weighted by Gasteiger charge is 2.15. The summed E-state index contributed by atoms with van der Waals surface area (Å²) in [4.78, 5) is 4.42. The molecule has 0 amide bonds. The molecule has 1 fully saturated rings. The van der Waals surface area contributed by atoms with Crippen molar-refractivity contribution >= 4 is 23.2 Å². The number of nitrogens with zero attached hydrogens (tertiary/aromatic N) is 1. The lowest BCUT2D eigenvalue weighted by Crippen LogP contribution is -2.37. The van der Waals surface area contributed by atoms with Gasteiger partial charge in [-0.1, -0.05) is 24.4 Å². The van der Waals surface area contributed by atoms with E-state index >= 15 is 0 Å². The fraction of sp³-hybridized carbons (Fsp3) is 0.417. The van der Waals surface area contributed by atoms with E-state index in [0.717, 1.165) is 12.8 Å². The second kappa shape index (κ2) is 6.02. The van der Waals surface area contributed by atoms with E-state index in [2.05, 4.69) is 15.7 Å². The highest BCUT2D eigenvalue weighted by atomic mass is 35.5. The van der Waals surface area contributed by atoms with Crippen LogP contribution >= 0.6 is 11.6 Å². The highest BCUT2D eigenvalue weighted by molar-refractivity contribution is 6.30. The van der Waals surface area contributed by atoms with Gasteiger partial charge >= 0.3 is 0 Å². The summed E-state index contributed by atoms with van der Waals surface area (Å²) in [6.45, 7) is 0. The molecule has 4 nitrogen and oxygen atoms in total. The molecule has 1 aliphatic carbocycles. The minimum absolute atomic E-state index is 0.263. The second-order valence-electron chi connectivity index (χ2n) is 4.31. The number of hydrogen-bond donors (Lipinski definition) is 3. The van der Waals surface area contributed by atoms with Crippen LogP contribution in [0.3, 0.4) is 0 Å². The summed E-state index contributed by atoms with van der Waals surface area (Å²) in [5, 5.41) is 3.19. The van der Waals surface area contributed by atoms with Gasteiger partial charge in [0.15, 0.2) is 0 Å². The topological polar surface area (TPSA) is 62.4 Å². The first-order valence-electron chi connectivity index (χ1n) is 5.95. The molecule has 1 aromatic carbocycles. The Morgan fingerprint density at radius 2 is 2.11 bits per heavy atom. The molecule has 0 aromatic heterocycles. The number of rotatable bonds is 2. The lowest BCUT2D eigenvalue weighted by molar-refractivity contribution is 0.631. The number of hydrogen-bond acceptors (Lipinski definition) is 2. The molecule has 6 heteroatoms. The van der Waals surface area contributed by atoms with Crippen molar-refractivity contribution in [3.63, 3.8) is 0 Å². The van der Waals surface area contributed by atoms with Crippen LogP contribution in [0.5, 0.6) is 0 Å². The minimum atomic E-state index is -0.433. The summed E-state index contributed by atoms with van der Waals surface area (Å²) < 4.78 is 13.6. The van der Waals surface area contributed by atoms with E-state index in [-0.39, 0.29) is 6.04 Å². The van der Waals surface area contributed by atoms with Crippen LogP contribution in [0.25, 0.3) is 0 Å². The number of anilines is 1. The zero-order chi connectivity index (χ0) is 13.0. The average molecular weight is 271 g/mol. The van der Waals surface area contributed by atoms with Crippen molar-refractivity contribution in [2.24, 2.45) is 10.8 Å². The Hall–Kier alpha value is -1.33. The van der Waals surface area contributed by atoms with Crippen molar-refractivity contribution in [2.75, 3.05) is 5.32 Å². The zero-order valence-electron chi connectivity index (χ0n) is 9.92. The summed E-state index contributed by atoms with van der Waals surface area (Å²) in [5.41, 5.74) is 2.76. The molecule has 18 heavy (non-hydrogen) atoms. The molecule has 1 saturated carbocycles. The Kier molecular flexibility index (Phi) is 4.38. The Labute approximate surface area is 110 Å². The van der Waals surface area contributed by atoms with Crippen LogP contribution in [0.4, 0.5) is 10.1 Å². The van der Waals surface area contributed by atoms with Crippen LogP contribution in [-0.2, 0) is 0 Å². The van der Waals surface area contributed by atoms with Crippen molar-refractivity contribution in [1.82, 2.24) is 5.43 Å². The van der Waals surface area contributed by atoms with Gasteiger partial charge in [-0.25, -0.2) is 15.2 Å². The molecular weight excluding hydrogens is 255 g/mol. The van der Waals surface area contributed by atoms with E-state index in [1.165, 1.54) is 18.9 Å². The predicted octanol–water partition coefficient (Wildman–Crippen LogP) is 2.65. The Bertz CT molecular complexity index is 444. The van der Waals surface area contributed by atoms with Gasteiger partial charge in [0.2, 0.25) is 5.96 Å². The quantitative estimate of drug-likeness (QED) is 0.335. The lowest BCUT2D eigenvalue weighted by Gasteiger charge is -2.12. The maximum atomic E-state index is 13.6.